The van der Waals surface area contributed by atoms with Crippen molar-refractivity contribution in [2.24, 2.45) is 0 Å². The van der Waals surface area contributed by atoms with Crippen molar-refractivity contribution in [3.8, 4) is 55.6 Å². The molecule has 238 valence electrons. The minimum atomic E-state index is 0.898. The Balaban J connectivity index is 1.40. The van der Waals surface area contributed by atoms with Crippen molar-refractivity contribution in [2.75, 3.05) is 0 Å². The summed E-state index contributed by atoms with van der Waals surface area (Å²) in [5.74, 6) is 0. The Morgan fingerprint density at radius 2 is 0.686 bits per heavy atom. The molecule has 0 unspecified atom stereocenters. The van der Waals surface area contributed by atoms with Gasteiger partial charge in [-0.05, 0) is 84.3 Å². The first kappa shape index (κ1) is 29.2. The highest BCUT2D eigenvalue weighted by atomic mass is 16.3. The van der Waals surface area contributed by atoms with Crippen molar-refractivity contribution in [3.05, 3.63) is 194 Å². The van der Waals surface area contributed by atoms with Gasteiger partial charge in [0.1, 0.15) is 11.2 Å². The molecule has 1 nitrogen and oxygen atoms in total. The van der Waals surface area contributed by atoms with Gasteiger partial charge in [0.25, 0.3) is 0 Å². The van der Waals surface area contributed by atoms with Gasteiger partial charge in [-0.25, -0.2) is 0 Å². The zero-order chi connectivity index (χ0) is 33.7. The van der Waals surface area contributed by atoms with Gasteiger partial charge in [0, 0.05) is 21.9 Å². The lowest BCUT2D eigenvalue weighted by Crippen LogP contribution is -1.92. The monoisotopic (exact) mass is 648 g/mol. The Morgan fingerprint density at radius 1 is 0.255 bits per heavy atom. The summed E-state index contributed by atoms with van der Waals surface area (Å²) in [6.07, 6.45) is 0. The van der Waals surface area contributed by atoms with E-state index < -0.39 is 0 Å². The van der Waals surface area contributed by atoms with Crippen molar-refractivity contribution >= 4 is 43.5 Å². The second kappa shape index (κ2) is 12.0. The Labute approximate surface area is 296 Å². The maximum atomic E-state index is 7.19. The van der Waals surface area contributed by atoms with E-state index in [9.17, 15) is 0 Å². The molecule has 0 saturated heterocycles. The molecule has 10 aromatic rings. The first-order valence-electron chi connectivity index (χ1n) is 17.5. The summed E-state index contributed by atoms with van der Waals surface area (Å²) in [5, 5.41) is 7.16. The summed E-state index contributed by atoms with van der Waals surface area (Å²) in [6, 6.07) is 69.7. The Kier molecular flexibility index (Phi) is 6.89. The van der Waals surface area contributed by atoms with Crippen molar-refractivity contribution in [1.82, 2.24) is 0 Å². The third-order valence-electron chi connectivity index (χ3n) is 10.3. The third kappa shape index (κ3) is 4.78. The molecule has 10 rings (SSSR count). The van der Waals surface area contributed by atoms with Crippen molar-refractivity contribution in [1.29, 1.82) is 0 Å². The highest BCUT2D eigenvalue weighted by molar-refractivity contribution is 6.27. The van der Waals surface area contributed by atoms with Crippen molar-refractivity contribution < 1.29 is 4.42 Å². The van der Waals surface area contributed by atoms with Crippen LogP contribution in [0.5, 0.6) is 0 Å². The third-order valence-corrected chi connectivity index (χ3v) is 10.3. The second-order valence-electron chi connectivity index (χ2n) is 13.2. The van der Waals surface area contributed by atoms with E-state index in [1.54, 1.807) is 0 Å². The van der Waals surface area contributed by atoms with Crippen LogP contribution in [0.3, 0.4) is 0 Å². The summed E-state index contributed by atoms with van der Waals surface area (Å²) in [6.45, 7) is 0. The summed E-state index contributed by atoms with van der Waals surface area (Å²) in [5.41, 5.74) is 13.4. The highest BCUT2D eigenvalue weighted by Gasteiger charge is 2.24. The normalized spacial score (nSPS) is 11.5. The number of hydrogen-bond acceptors (Lipinski definition) is 1. The number of fused-ring (bicyclic) bond motifs is 5. The Morgan fingerprint density at radius 3 is 1.24 bits per heavy atom. The lowest BCUT2D eigenvalue weighted by atomic mass is 9.84. The Hall–Kier alpha value is -6.70. The van der Waals surface area contributed by atoms with E-state index in [0.29, 0.717) is 0 Å². The van der Waals surface area contributed by atoms with E-state index in [4.69, 9.17) is 4.42 Å². The van der Waals surface area contributed by atoms with Crippen LogP contribution in [0.2, 0.25) is 0 Å². The molecule has 0 aliphatic rings. The first-order valence-corrected chi connectivity index (χ1v) is 17.5. The maximum Gasteiger partial charge on any atom is 0.143 e. The number of furan rings is 1. The van der Waals surface area contributed by atoms with Crippen LogP contribution in [0.25, 0.3) is 99.1 Å². The molecule has 0 spiro atoms. The molecule has 0 fully saturated rings. The minimum absolute atomic E-state index is 0.898. The quantitative estimate of drug-likeness (QED) is 0.169. The summed E-state index contributed by atoms with van der Waals surface area (Å²) in [7, 11) is 0. The fraction of sp³-hybridized carbons (Fsp3) is 0. The van der Waals surface area contributed by atoms with Gasteiger partial charge in [-0.2, -0.15) is 0 Å². The van der Waals surface area contributed by atoms with Crippen LogP contribution in [0.1, 0.15) is 0 Å². The molecule has 51 heavy (non-hydrogen) atoms. The molecule has 0 amide bonds. The molecule has 0 saturated carbocycles. The van der Waals surface area contributed by atoms with E-state index in [1.165, 1.54) is 49.4 Å². The molecule has 0 aliphatic heterocycles. The zero-order valence-electron chi connectivity index (χ0n) is 27.9. The van der Waals surface area contributed by atoms with Crippen LogP contribution in [-0.4, -0.2) is 0 Å². The molecule has 0 atom stereocenters. The van der Waals surface area contributed by atoms with Crippen LogP contribution in [0.15, 0.2) is 199 Å². The zero-order valence-corrected chi connectivity index (χ0v) is 27.9. The molecule has 9 aromatic carbocycles. The summed E-state index contributed by atoms with van der Waals surface area (Å²) >= 11 is 0. The first-order chi connectivity index (χ1) is 25.3. The maximum absolute atomic E-state index is 7.19. The van der Waals surface area contributed by atoms with Gasteiger partial charge >= 0.3 is 0 Å². The smallest absolute Gasteiger partial charge is 0.143 e. The fourth-order valence-corrected chi connectivity index (χ4v) is 8.00. The fourth-order valence-electron chi connectivity index (χ4n) is 8.00. The lowest BCUT2D eigenvalue weighted by molar-refractivity contribution is 0.671. The van der Waals surface area contributed by atoms with Crippen LogP contribution in [0, 0.1) is 0 Å². The SMILES string of the molecule is c1ccc(-c2cc(-c3ccccc3)c3oc4c(-c5ccccc5)ccc(-c5c6ccccc6c(-c6ccccc6)c6ccccc56)c4c3c2)cc1. The van der Waals surface area contributed by atoms with Gasteiger partial charge in [0.15, 0.2) is 0 Å². The van der Waals surface area contributed by atoms with Crippen LogP contribution in [-0.2, 0) is 0 Å². The average molecular weight is 649 g/mol. The predicted molar refractivity (Wildman–Crippen MR) is 216 cm³/mol. The van der Waals surface area contributed by atoms with Gasteiger partial charge in [0.2, 0.25) is 0 Å². The molecule has 0 aliphatic carbocycles. The molecular formula is C50H32O. The predicted octanol–water partition coefficient (Wildman–Crippen LogP) is 14.2. The highest BCUT2D eigenvalue weighted by Crippen LogP contribution is 2.50. The summed E-state index contributed by atoms with van der Waals surface area (Å²) in [4.78, 5) is 0. The lowest BCUT2D eigenvalue weighted by Gasteiger charge is -2.18. The molecule has 0 radical (unpaired) electrons. The standard InChI is InChI=1S/C50H32O/c1-5-17-33(18-6-1)37-31-44(35-21-9-3-10-22-35)49-45(32-37)48-43(30-29-38(50(48)51-49)34-19-7-2-8-20-34)47-41-27-15-13-25-39(41)46(36-23-11-4-12-24-36)40-26-14-16-28-42(40)47/h1-32H. The van der Waals surface area contributed by atoms with E-state index in [-0.39, 0.29) is 0 Å². The molecule has 0 bridgehead atoms. The van der Waals surface area contributed by atoms with Crippen molar-refractivity contribution in [2.45, 2.75) is 0 Å². The minimum Gasteiger partial charge on any atom is -0.455 e. The number of rotatable bonds is 5. The average Bonchev–Trinajstić information content (AvgIpc) is 3.60. The second-order valence-corrected chi connectivity index (χ2v) is 13.2. The molecule has 1 aromatic heterocycles. The van der Waals surface area contributed by atoms with E-state index in [2.05, 4.69) is 194 Å². The van der Waals surface area contributed by atoms with Gasteiger partial charge < -0.3 is 4.42 Å². The Bertz CT molecular complexity index is 2810. The van der Waals surface area contributed by atoms with Crippen LogP contribution < -0.4 is 0 Å². The summed E-state index contributed by atoms with van der Waals surface area (Å²) < 4.78 is 7.19. The molecule has 1 heteroatoms. The van der Waals surface area contributed by atoms with E-state index >= 15 is 0 Å². The van der Waals surface area contributed by atoms with Gasteiger partial charge in [0.05, 0.1) is 0 Å². The van der Waals surface area contributed by atoms with Gasteiger partial charge in [-0.1, -0.05) is 176 Å². The van der Waals surface area contributed by atoms with E-state index in [0.717, 1.165) is 49.8 Å². The van der Waals surface area contributed by atoms with Gasteiger partial charge in [-0.3, -0.25) is 0 Å². The molecule has 1 heterocycles. The molecule has 0 N–H and O–H groups in total. The molecular weight excluding hydrogens is 617 g/mol. The van der Waals surface area contributed by atoms with Gasteiger partial charge in [-0.15, -0.1) is 0 Å². The van der Waals surface area contributed by atoms with Crippen molar-refractivity contribution in [3.63, 3.8) is 0 Å². The number of benzene rings is 9. The van der Waals surface area contributed by atoms with E-state index in [1.807, 2.05) is 0 Å². The number of hydrogen-bond donors (Lipinski definition) is 0. The van der Waals surface area contributed by atoms with Crippen LogP contribution >= 0.6 is 0 Å². The topological polar surface area (TPSA) is 13.1 Å². The van der Waals surface area contributed by atoms with Crippen LogP contribution in [0.4, 0.5) is 0 Å². The largest absolute Gasteiger partial charge is 0.455 e.